The van der Waals surface area contributed by atoms with E-state index in [9.17, 15) is 9.59 Å². The Morgan fingerprint density at radius 1 is 1.08 bits per heavy atom. The zero-order valence-corrected chi connectivity index (χ0v) is 15.6. The lowest BCUT2D eigenvalue weighted by atomic mass is 10.1. The zero-order chi connectivity index (χ0) is 18.7. The summed E-state index contributed by atoms with van der Waals surface area (Å²) in [6.07, 6.45) is 0. The Balaban J connectivity index is 1.77. The molecule has 1 aromatic heterocycles. The van der Waals surface area contributed by atoms with Crippen molar-refractivity contribution in [1.82, 2.24) is 0 Å². The highest BCUT2D eigenvalue weighted by Gasteiger charge is 2.21. The normalized spacial score (nSPS) is 10.6. The van der Waals surface area contributed by atoms with E-state index in [1.165, 1.54) is 18.4 Å². The minimum atomic E-state index is -0.640. The van der Waals surface area contributed by atoms with Crippen LogP contribution < -0.4 is 9.47 Å². The number of hydrogen-bond donors (Lipinski definition) is 0. The standard InChI is InChI=1S/C19H15ClO5S/c1-23-11-7-8-13-16(9-11)26-18(17(13)20)19(22)25-10-14(21)12-5-3-4-6-15(12)24-2/h3-9H,10H2,1-2H3. The van der Waals surface area contributed by atoms with E-state index in [0.29, 0.717) is 22.1 Å². The van der Waals surface area contributed by atoms with Crippen molar-refractivity contribution in [3.8, 4) is 11.5 Å². The van der Waals surface area contributed by atoms with Gasteiger partial charge in [-0.2, -0.15) is 0 Å². The molecular weight excluding hydrogens is 376 g/mol. The molecule has 0 amide bonds. The lowest BCUT2D eigenvalue weighted by Crippen LogP contribution is -2.14. The number of hydrogen-bond acceptors (Lipinski definition) is 6. The molecule has 0 aliphatic rings. The molecule has 134 valence electrons. The highest BCUT2D eigenvalue weighted by molar-refractivity contribution is 7.21. The van der Waals surface area contributed by atoms with Crippen LogP contribution in [0, 0.1) is 0 Å². The first-order chi connectivity index (χ1) is 12.5. The predicted molar refractivity (Wildman–Crippen MR) is 101 cm³/mol. The number of rotatable bonds is 6. The number of esters is 1. The Morgan fingerprint density at radius 3 is 2.58 bits per heavy atom. The molecule has 0 aliphatic heterocycles. The summed E-state index contributed by atoms with van der Waals surface area (Å²) in [5.74, 6) is 0.107. The van der Waals surface area contributed by atoms with Gasteiger partial charge < -0.3 is 14.2 Å². The number of ether oxygens (including phenoxy) is 3. The number of Topliss-reactive ketones (excluding diaryl/α,β-unsaturated/α-hetero) is 1. The van der Waals surface area contributed by atoms with Gasteiger partial charge >= 0.3 is 5.97 Å². The van der Waals surface area contributed by atoms with Crippen molar-refractivity contribution in [3.63, 3.8) is 0 Å². The van der Waals surface area contributed by atoms with Gasteiger partial charge in [-0.25, -0.2) is 4.79 Å². The molecule has 0 atom stereocenters. The molecule has 7 heteroatoms. The van der Waals surface area contributed by atoms with Gasteiger partial charge in [0, 0.05) is 10.1 Å². The molecular formula is C19H15ClO5S. The molecule has 3 aromatic rings. The van der Waals surface area contributed by atoms with Gasteiger partial charge in [-0.15, -0.1) is 11.3 Å². The van der Waals surface area contributed by atoms with E-state index in [1.807, 2.05) is 0 Å². The van der Waals surface area contributed by atoms with Crippen LogP contribution in [0.1, 0.15) is 20.0 Å². The Morgan fingerprint density at radius 2 is 1.85 bits per heavy atom. The Hall–Kier alpha value is -2.57. The average molecular weight is 391 g/mol. The summed E-state index contributed by atoms with van der Waals surface area (Å²) in [6, 6.07) is 12.1. The van der Waals surface area contributed by atoms with Crippen LogP contribution in [0.5, 0.6) is 11.5 Å². The second kappa shape index (κ2) is 7.76. The van der Waals surface area contributed by atoms with E-state index in [0.717, 1.165) is 10.1 Å². The van der Waals surface area contributed by atoms with Crippen molar-refractivity contribution >= 4 is 44.8 Å². The van der Waals surface area contributed by atoms with Crippen LogP contribution in [0.3, 0.4) is 0 Å². The van der Waals surface area contributed by atoms with Gasteiger partial charge in [0.25, 0.3) is 0 Å². The average Bonchev–Trinajstić information content (AvgIpc) is 3.01. The minimum Gasteiger partial charge on any atom is -0.497 e. The smallest absolute Gasteiger partial charge is 0.350 e. The van der Waals surface area contributed by atoms with Crippen molar-refractivity contribution in [2.24, 2.45) is 0 Å². The van der Waals surface area contributed by atoms with Gasteiger partial charge in [-0.1, -0.05) is 23.7 Å². The number of fused-ring (bicyclic) bond motifs is 1. The fourth-order valence-corrected chi connectivity index (χ4v) is 3.88. The van der Waals surface area contributed by atoms with E-state index in [1.54, 1.807) is 49.6 Å². The number of carbonyl (C=O) groups excluding carboxylic acids is 2. The fourth-order valence-electron chi connectivity index (χ4n) is 2.45. The largest absolute Gasteiger partial charge is 0.497 e. The van der Waals surface area contributed by atoms with Gasteiger partial charge in [-0.3, -0.25) is 4.79 Å². The number of methoxy groups -OCH3 is 2. The third-order valence-corrected chi connectivity index (χ3v) is 5.40. The van der Waals surface area contributed by atoms with Crippen molar-refractivity contribution in [1.29, 1.82) is 0 Å². The van der Waals surface area contributed by atoms with Gasteiger partial charge in [0.15, 0.2) is 6.61 Å². The van der Waals surface area contributed by atoms with E-state index >= 15 is 0 Å². The molecule has 1 heterocycles. The lowest BCUT2D eigenvalue weighted by molar-refractivity contribution is 0.0479. The van der Waals surface area contributed by atoms with E-state index in [4.69, 9.17) is 25.8 Å². The van der Waals surface area contributed by atoms with E-state index in [-0.39, 0.29) is 10.7 Å². The van der Waals surface area contributed by atoms with Crippen LogP contribution in [0.2, 0.25) is 5.02 Å². The van der Waals surface area contributed by atoms with Gasteiger partial charge in [0.05, 0.1) is 24.8 Å². The van der Waals surface area contributed by atoms with Crippen molar-refractivity contribution in [2.75, 3.05) is 20.8 Å². The first kappa shape index (κ1) is 18.2. The molecule has 0 saturated heterocycles. The van der Waals surface area contributed by atoms with Crippen LogP contribution >= 0.6 is 22.9 Å². The summed E-state index contributed by atoms with van der Waals surface area (Å²) >= 11 is 7.49. The summed E-state index contributed by atoms with van der Waals surface area (Å²) in [5, 5.41) is 1.04. The SMILES string of the molecule is COc1ccc2c(Cl)c(C(=O)OCC(=O)c3ccccc3OC)sc2c1. The van der Waals surface area contributed by atoms with Crippen LogP contribution in [-0.2, 0) is 4.74 Å². The highest BCUT2D eigenvalue weighted by Crippen LogP contribution is 2.37. The predicted octanol–water partition coefficient (Wildman–Crippen LogP) is 4.61. The molecule has 5 nitrogen and oxygen atoms in total. The second-order valence-electron chi connectivity index (χ2n) is 5.31. The van der Waals surface area contributed by atoms with Crippen LogP contribution in [-0.4, -0.2) is 32.6 Å². The van der Waals surface area contributed by atoms with Crippen molar-refractivity contribution < 1.29 is 23.8 Å². The molecule has 0 aliphatic carbocycles. The number of halogens is 1. The number of ketones is 1. The summed E-state index contributed by atoms with van der Waals surface area (Å²) in [7, 11) is 3.04. The third-order valence-electron chi connectivity index (χ3n) is 3.76. The van der Waals surface area contributed by atoms with Gasteiger partial charge in [-0.05, 0) is 30.3 Å². The molecule has 0 unspecified atom stereocenters. The molecule has 0 spiro atoms. The Labute approximate surface area is 159 Å². The first-order valence-electron chi connectivity index (χ1n) is 7.64. The molecule has 0 fully saturated rings. The summed E-state index contributed by atoms with van der Waals surface area (Å²) in [4.78, 5) is 24.9. The summed E-state index contributed by atoms with van der Waals surface area (Å²) in [6.45, 7) is -0.396. The maximum absolute atomic E-state index is 12.4. The number of carbonyl (C=O) groups is 2. The lowest BCUT2D eigenvalue weighted by Gasteiger charge is -2.07. The van der Waals surface area contributed by atoms with Gasteiger partial charge in [0.2, 0.25) is 5.78 Å². The Bertz CT molecular complexity index is 979. The van der Waals surface area contributed by atoms with Crippen molar-refractivity contribution in [3.05, 3.63) is 57.9 Å². The maximum Gasteiger partial charge on any atom is 0.350 e. The Kier molecular flexibility index (Phi) is 5.44. The van der Waals surface area contributed by atoms with Crippen LogP contribution in [0.4, 0.5) is 0 Å². The van der Waals surface area contributed by atoms with Gasteiger partial charge in [0.1, 0.15) is 16.4 Å². The monoisotopic (exact) mass is 390 g/mol. The first-order valence-corrected chi connectivity index (χ1v) is 8.84. The third kappa shape index (κ3) is 3.52. The molecule has 0 bridgehead atoms. The molecule has 0 N–H and O–H groups in total. The van der Waals surface area contributed by atoms with Crippen molar-refractivity contribution in [2.45, 2.75) is 0 Å². The number of para-hydroxylation sites is 1. The van der Waals surface area contributed by atoms with E-state index in [2.05, 4.69) is 0 Å². The minimum absolute atomic E-state index is 0.253. The fraction of sp³-hybridized carbons (Fsp3) is 0.158. The van der Waals surface area contributed by atoms with Crippen LogP contribution in [0.25, 0.3) is 10.1 Å². The molecule has 0 saturated carbocycles. The maximum atomic E-state index is 12.4. The molecule has 2 aromatic carbocycles. The topological polar surface area (TPSA) is 61.8 Å². The molecule has 0 radical (unpaired) electrons. The summed E-state index contributed by atoms with van der Waals surface area (Å²) in [5.41, 5.74) is 0.356. The number of benzene rings is 2. The second-order valence-corrected chi connectivity index (χ2v) is 6.74. The van der Waals surface area contributed by atoms with E-state index < -0.39 is 12.6 Å². The summed E-state index contributed by atoms with van der Waals surface area (Å²) < 4.78 is 16.3. The highest BCUT2D eigenvalue weighted by atomic mass is 35.5. The quantitative estimate of drug-likeness (QED) is 0.454. The zero-order valence-electron chi connectivity index (χ0n) is 14.1. The molecule has 26 heavy (non-hydrogen) atoms. The number of thiophene rings is 1. The molecule has 3 rings (SSSR count). The van der Waals surface area contributed by atoms with Crippen LogP contribution in [0.15, 0.2) is 42.5 Å².